The van der Waals surface area contributed by atoms with E-state index in [1.165, 1.54) is 12.3 Å². The van der Waals surface area contributed by atoms with Crippen molar-refractivity contribution in [1.29, 1.82) is 0 Å². The number of alkyl halides is 5. The molecule has 40 heavy (non-hydrogen) atoms. The van der Waals surface area contributed by atoms with Gasteiger partial charge in [0.25, 0.3) is 5.91 Å². The van der Waals surface area contributed by atoms with E-state index in [2.05, 4.69) is 20.9 Å². The maximum Gasteiger partial charge on any atom is 0.458 e. The fourth-order valence-electron chi connectivity index (χ4n) is 4.68. The molecule has 1 atom stereocenters. The minimum atomic E-state index is -5.82. The predicted octanol–water partition coefficient (Wildman–Crippen LogP) is 5.67. The van der Waals surface area contributed by atoms with E-state index in [1.54, 1.807) is 6.07 Å². The van der Waals surface area contributed by atoms with Crippen molar-refractivity contribution in [1.82, 2.24) is 10.3 Å². The van der Waals surface area contributed by atoms with Crippen molar-refractivity contribution in [3.8, 4) is 11.5 Å². The number of hydrogen-bond donors (Lipinski definition) is 3. The van der Waals surface area contributed by atoms with E-state index >= 15 is 0 Å². The topological polar surface area (TPSA) is 84.5 Å². The lowest BCUT2D eigenvalue weighted by Gasteiger charge is -2.24. The lowest BCUT2D eigenvalue weighted by Crippen LogP contribution is -2.35. The zero-order valence-electron chi connectivity index (χ0n) is 21.3. The van der Waals surface area contributed by atoms with E-state index in [0.717, 1.165) is 41.9 Å². The molecule has 1 fully saturated rings. The highest BCUT2D eigenvalue weighted by molar-refractivity contribution is 6.07. The van der Waals surface area contributed by atoms with Gasteiger partial charge in [-0.1, -0.05) is 12.1 Å². The first kappa shape index (κ1) is 27.6. The molecular weight excluding hydrogens is 535 g/mol. The first-order valence-corrected chi connectivity index (χ1v) is 12.8. The molecule has 1 aromatic heterocycles. The number of carbonyl (C=O) groups is 1. The van der Waals surface area contributed by atoms with Crippen molar-refractivity contribution in [2.45, 2.75) is 43.9 Å². The highest BCUT2D eigenvalue weighted by Crippen LogP contribution is 2.47. The van der Waals surface area contributed by atoms with Gasteiger partial charge >= 0.3 is 12.1 Å². The molecule has 2 aliphatic heterocycles. The summed E-state index contributed by atoms with van der Waals surface area (Å²) in [7, 11) is 0. The summed E-state index contributed by atoms with van der Waals surface area (Å²) in [6, 6.07) is 11.3. The molecule has 12 heteroatoms. The largest absolute Gasteiger partial charge is 0.493 e. The van der Waals surface area contributed by atoms with Gasteiger partial charge in [-0.2, -0.15) is 22.0 Å². The Bertz CT molecular complexity index is 1380. The highest BCUT2D eigenvalue weighted by Gasteiger charge is 2.60. The van der Waals surface area contributed by atoms with Gasteiger partial charge in [0.15, 0.2) is 0 Å². The first-order valence-electron chi connectivity index (χ1n) is 12.8. The summed E-state index contributed by atoms with van der Waals surface area (Å²) >= 11 is 0. The SMILES string of the molecule is O=C(Nc1ccc(C(F)(F)C(F)(F)F)c(OC[C@@H]2CCCN2)c1)c1cccnc1NCc1ccc2c(c1)CCO2. The van der Waals surface area contributed by atoms with Crippen LogP contribution in [0.15, 0.2) is 54.7 Å². The Kier molecular flexibility index (Phi) is 7.79. The molecule has 1 saturated heterocycles. The van der Waals surface area contributed by atoms with Crippen LogP contribution < -0.4 is 25.4 Å². The summed E-state index contributed by atoms with van der Waals surface area (Å²) in [5.41, 5.74) is 0.892. The van der Waals surface area contributed by atoms with Crippen molar-refractivity contribution in [2.75, 3.05) is 30.4 Å². The van der Waals surface area contributed by atoms with Crippen LogP contribution in [-0.4, -0.2) is 42.9 Å². The molecule has 7 nitrogen and oxygen atoms in total. The van der Waals surface area contributed by atoms with Crippen LogP contribution in [0, 0.1) is 0 Å². The number of nitrogens with zero attached hydrogens (tertiary/aromatic N) is 1. The fourth-order valence-corrected chi connectivity index (χ4v) is 4.68. The first-order chi connectivity index (χ1) is 19.1. The minimum absolute atomic E-state index is 0.00506. The van der Waals surface area contributed by atoms with Gasteiger partial charge in [-0.25, -0.2) is 4.98 Å². The summed E-state index contributed by atoms with van der Waals surface area (Å²) in [6.45, 7) is 1.62. The molecule has 1 amide bonds. The predicted molar refractivity (Wildman–Crippen MR) is 138 cm³/mol. The van der Waals surface area contributed by atoms with Gasteiger partial charge < -0.3 is 25.4 Å². The molecule has 0 unspecified atom stereocenters. The number of pyridine rings is 1. The number of amides is 1. The van der Waals surface area contributed by atoms with E-state index in [1.807, 2.05) is 18.2 Å². The number of nitrogens with one attached hydrogen (secondary N) is 3. The molecule has 0 aliphatic carbocycles. The third-order valence-electron chi connectivity index (χ3n) is 6.80. The van der Waals surface area contributed by atoms with Gasteiger partial charge in [0, 0.05) is 37.0 Å². The standard InChI is InChI=1S/C28H27F5N4O3/c29-27(30,28(31,32)33)22-7-6-19(14-24(22)40-16-20-3-1-10-34-20)37-26(38)21-4-2-11-35-25(21)36-15-17-5-8-23-18(13-17)9-12-39-23/h2,4-8,11,13-14,20,34H,1,3,9-10,12,15-16H2,(H,35,36)(H,37,38)/t20-/m0/s1. The molecule has 5 rings (SSSR count). The van der Waals surface area contributed by atoms with E-state index in [9.17, 15) is 26.7 Å². The Morgan fingerprint density at radius 3 is 2.75 bits per heavy atom. The van der Waals surface area contributed by atoms with Crippen LogP contribution in [0.1, 0.15) is 39.9 Å². The normalized spacial score (nSPS) is 16.8. The van der Waals surface area contributed by atoms with Crippen LogP contribution in [0.25, 0.3) is 0 Å². The number of fused-ring (bicyclic) bond motifs is 1. The number of rotatable bonds is 9. The van der Waals surface area contributed by atoms with Crippen LogP contribution in [0.5, 0.6) is 11.5 Å². The number of benzene rings is 2. The molecule has 0 spiro atoms. The zero-order valence-corrected chi connectivity index (χ0v) is 21.3. The lowest BCUT2D eigenvalue weighted by molar-refractivity contribution is -0.289. The average Bonchev–Trinajstić information content (AvgIpc) is 3.62. The van der Waals surface area contributed by atoms with Crippen molar-refractivity contribution in [3.05, 3.63) is 77.0 Å². The van der Waals surface area contributed by atoms with Gasteiger partial charge in [0.05, 0.1) is 17.7 Å². The second-order valence-corrected chi connectivity index (χ2v) is 9.64. The third kappa shape index (κ3) is 5.96. The van der Waals surface area contributed by atoms with Crippen LogP contribution in [0.4, 0.5) is 33.5 Å². The molecule has 212 valence electrons. The summed E-state index contributed by atoms with van der Waals surface area (Å²) in [5, 5.41) is 8.79. The van der Waals surface area contributed by atoms with Crippen molar-refractivity contribution < 1.29 is 36.2 Å². The maximum absolute atomic E-state index is 14.3. The number of carbonyl (C=O) groups excluding carboxylic acids is 1. The Hall–Kier alpha value is -3.93. The molecule has 2 aliphatic rings. The summed E-state index contributed by atoms with van der Waals surface area (Å²) in [4.78, 5) is 17.4. The quantitative estimate of drug-likeness (QED) is 0.292. The number of hydrogen-bond acceptors (Lipinski definition) is 6. The molecule has 3 heterocycles. The summed E-state index contributed by atoms with van der Waals surface area (Å²) in [5.74, 6) is -5.29. The van der Waals surface area contributed by atoms with E-state index in [4.69, 9.17) is 9.47 Å². The second kappa shape index (κ2) is 11.3. The van der Waals surface area contributed by atoms with Gasteiger partial charge in [0.2, 0.25) is 0 Å². The highest BCUT2D eigenvalue weighted by atomic mass is 19.4. The molecule has 3 aromatic rings. The number of aromatic nitrogens is 1. The van der Waals surface area contributed by atoms with E-state index in [-0.39, 0.29) is 29.7 Å². The van der Waals surface area contributed by atoms with Crippen LogP contribution >= 0.6 is 0 Å². The summed E-state index contributed by atoms with van der Waals surface area (Å²) < 4.78 is 79.1. The monoisotopic (exact) mass is 562 g/mol. The lowest BCUT2D eigenvalue weighted by atomic mass is 10.1. The van der Waals surface area contributed by atoms with Crippen molar-refractivity contribution in [3.63, 3.8) is 0 Å². The molecule has 3 N–H and O–H groups in total. The molecule has 0 saturated carbocycles. The van der Waals surface area contributed by atoms with Crippen LogP contribution in [0.3, 0.4) is 0 Å². The fraction of sp³-hybridized carbons (Fsp3) is 0.357. The smallest absolute Gasteiger partial charge is 0.458 e. The van der Waals surface area contributed by atoms with Crippen LogP contribution in [-0.2, 0) is 18.9 Å². The average molecular weight is 563 g/mol. The Labute approximate surface area is 227 Å². The molecule has 0 radical (unpaired) electrons. The van der Waals surface area contributed by atoms with E-state index < -0.39 is 29.3 Å². The number of anilines is 2. The van der Waals surface area contributed by atoms with Gasteiger partial charge in [-0.15, -0.1) is 0 Å². The van der Waals surface area contributed by atoms with Crippen molar-refractivity contribution >= 4 is 17.4 Å². The van der Waals surface area contributed by atoms with Gasteiger partial charge in [0.1, 0.15) is 23.9 Å². The van der Waals surface area contributed by atoms with Gasteiger partial charge in [-0.3, -0.25) is 4.79 Å². The Balaban J connectivity index is 1.33. The zero-order chi connectivity index (χ0) is 28.3. The molecule has 0 bridgehead atoms. The van der Waals surface area contributed by atoms with Crippen molar-refractivity contribution in [2.24, 2.45) is 0 Å². The second-order valence-electron chi connectivity index (χ2n) is 9.64. The molecule has 2 aromatic carbocycles. The number of ether oxygens (including phenoxy) is 2. The Morgan fingerprint density at radius 1 is 1.12 bits per heavy atom. The van der Waals surface area contributed by atoms with Crippen LogP contribution in [0.2, 0.25) is 0 Å². The Morgan fingerprint density at radius 2 is 1.98 bits per heavy atom. The van der Waals surface area contributed by atoms with E-state index in [0.29, 0.717) is 32.2 Å². The van der Waals surface area contributed by atoms with Gasteiger partial charge in [-0.05, 0) is 60.8 Å². The summed E-state index contributed by atoms with van der Waals surface area (Å²) in [6.07, 6.45) is -1.94. The molecular formula is C28H27F5N4O3. The maximum atomic E-state index is 14.3. The minimum Gasteiger partial charge on any atom is -0.493 e. The number of halogens is 5. The third-order valence-corrected chi connectivity index (χ3v) is 6.80.